The molecule has 1 unspecified atom stereocenters. The molecule has 1 aromatic carbocycles. The van der Waals surface area contributed by atoms with Gasteiger partial charge in [-0.15, -0.1) is 0 Å². The first-order valence-electron chi connectivity index (χ1n) is 8.60. The van der Waals surface area contributed by atoms with Crippen LogP contribution in [0, 0.1) is 5.92 Å². The molecule has 0 radical (unpaired) electrons. The van der Waals surface area contributed by atoms with Crippen molar-refractivity contribution in [3.8, 4) is 0 Å². The number of nitrogens with one attached hydrogen (secondary N) is 1. The lowest BCUT2D eigenvalue weighted by molar-refractivity contribution is -0.123. The third-order valence-electron chi connectivity index (χ3n) is 4.43. The Balaban J connectivity index is 1.84. The summed E-state index contributed by atoms with van der Waals surface area (Å²) in [7, 11) is 0. The molecule has 1 aromatic rings. The first-order valence-corrected chi connectivity index (χ1v) is 8.60. The molecule has 24 heavy (non-hydrogen) atoms. The molecule has 2 amide bonds. The normalized spacial score (nSPS) is 17.4. The van der Waals surface area contributed by atoms with E-state index < -0.39 is 0 Å². The Morgan fingerprint density at radius 3 is 2.67 bits per heavy atom. The Morgan fingerprint density at radius 1 is 1.33 bits per heavy atom. The summed E-state index contributed by atoms with van der Waals surface area (Å²) in [5.74, 6) is -0.185. The molecule has 1 atom stereocenters. The summed E-state index contributed by atoms with van der Waals surface area (Å²) in [5.41, 5.74) is 13.0. The zero-order valence-electron chi connectivity index (χ0n) is 14.3. The summed E-state index contributed by atoms with van der Waals surface area (Å²) in [6, 6.07) is 7.94. The number of carbonyl (C=O) groups excluding carboxylic acids is 2. The molecule has 0 aromatic heterocycles. The Kier molecular flexibility index (Phi) is 6.75. The zero-order valence-corrected chi connectivity index (χ0v) is 14.3. The summed E-state index contributed by atoms with van der Waals surface area (Å²) >= 11 is 0. The minimum absolute atomic E-state index is 0.00766. The quantitative estimate of drug-likeness (QED) is 0.703. The van der Waals surface area contributed by atoms with Gasteiger partial charge in [-0.1, -0.05) is 12.1 Å². The van der Waals surface area contributed by atoms with E-state index in [4.69, 9.17) is 11.5 Å². The van der Waals surface area contributed by atoms with E-state index in [-0.39, 0.29) is 23.8 Å². The Bertz CT molecular complexity index is 566. The van der Waals surface area contributed by atoms with E-state index in [1.807, 2.05) is 25.1 Å². The standard InChI is InChI=1S/C18H28N4O2/c1-13(19)5-6-17(23)21-16-4-2-3-14(11-16)12-22-9-7-15(8-10-22)18(20)24/h2-4,11,13,15H,5-10,12,19H2,1H3,(H2,20,24)(H,21,23). The van der Waals surface area contributed by atoms with E-state index in [1.54, 1.807) is 0 Å². The maximum Gasteiger partial charge on any atom is 0.224 e. The molecule has 0 spiro atoms. The fraction of sp³-hybridized carbons (Fsp3) is 0.556. The van der Waals surface area contributed by atoms with Crippen molar-refractivity contribution in [3.63, 3.8) is 0 Å². The highest BCUT2D eigenvalue weighted by atomic mass is 16.2. The van der Waals surface area contributed by atoms with Gasteiger partial charge in [0.2, 0.25) is 11.8 Å². The molecule has 6 heteroatoms. The topological polar surface area (TPSA) is 101 Å². The predicted molar refractivity (Wildman–Crippen MR) is 95.2 cm³/mol. The predicted octanol–water partition coefficient (Wildman–Crippen LogP) is 1.45. The molecule has 132 valence electrons. The van der Waals surface area contributed by atoms with Crippen LogP contribution >= 0.6 is 0 Å². The monoisotopic (exact) mass is 332 g/mol. The van der Waals surface area contributed by atoms with Gasteiger partial charge in [0.1, 0.15) is 0 Å². The Labute approximate surface area is 143 Å². The van der Waals surface area contributed by atoms with Crippen LogP contribution in [0.1, 0.15) is 38.2 Å². The zero-order chi connectivity index (χ0) is 17.5. The number of primary amides is 1. The lowest BCUT2D eigenvalue weighted by Gasteiger charge is -2.30. The number of hydrogen-bond donors (Lipinski definition) is 3. The number of nitrogens with zero attached hydrogens (tertiary/aromatic N) is 1. The van der Waals surface area contributed by atoms with Crippen molar-refractivity contribution in [3.05, 3.63) is 29.8 Å². The fourth-order valence-corrected chi connectivity index (χ4v) is 2.96. The average molecular weight is 332 g/mol. The molecule has 1 aliphatic rings. The lowest BCUT2D eigenvalue weighted by Crippen LogP contribution is -2.38. The molecule has 1 aliphatic heterocycles. The van der Waals surface area contributed by atoms with Crippen LogP contribution in [0.2, 0.25) is 0 Å². The molecule has 6 nitrogen and oxygen atoms in total. The van der Waals surface area contributed by atoms with Gasteiger partial charge >= 0.3 is 0 Å². The van der Waals surface area contributed by atoms with Crippen molar-refractivity contribution in [1.82, 2.24) is 4.90 Å². The first-order chi connectivity index (χ1) is 11.4. The summed E-state index contributed by atoms with van der Waals surface area (Å²) in [6.07, 6.45) is 2.76. The van der Waals surface area contributed by atoms with Crippen LogP contribution in [-0.2, 0) is 16.1 Å². The maximum atomic E-state index is 11.9. The van der Waals surface area contributed by atoms with Crippen LogP contribution in [0.25, 0.3) is 0 Å². The number of carbonyl (C=O) groups is 2. The highest BCUT2D eigenvalue weighted by molar-refractivity contribution is 5.90. The van der Waals surface area contributed by atoms with E-state index in [9.17, 15) is 9.59 Å². The molecule has 2 rings (SSSR count). The molecule has 0 bridgehead atoms. The number of likely N-dealkylation sites (tertiary alicyclic amines) is 1. The minimum atomic E-state index is -0.189. The van der Waals surface area contributed by atoms with E-state index in [0.29, 0.717) is 12.8 Å². The van der Waals surface area contributed by atoms with Crippen molar-refractivity contribution < 1.29 is 9.59 Å². The van der Waals surface area contributed by atoms with Crippen LogP contribution < -0.4 is 16.8 Å². The Morgan fingerprint density at radius 2 is 2.04 bits per heavy atom. The van der Waals surface area contributed by atoms with Crippen molar-refractivity contribution in [2.24, 2.45) is 17.4 Å². The number of nitrogens with two attached hydrogens (primary N) is 2. The molecular formula is C18H28N4O2. The van der Waals surface area contributed by atoms with Crippen LogP contribution in [0.3, 0.4) is 0 Å². The van der Waals surface area contributed by atoms with Crippen molar-refractivity contribution >= 4 is 17.5 Å². The van der Waals surface area contributed by atoms with Gasteiger partial charge in [-0.2, -0.15) is 0 Å². The number of anilines is 1. The molecule has 0 saturated carbocycles. The number of amides is 2. The highest BCUT2D eigenvalue weighted by Gasteiger charge is 2.22. The van der Waals surface area contributed by atoms with Gasteiger partial charge < -0.3 is 16.8 Å². The first kappa shape index (κ1) is 18.4. The van der Waals surface area contributed by atoms with Gasteiger partial charge in [-0.3, -0.25) is 14.5 Å². The average Bonchev–Trinajstić information content (AvgIpc) is 2.54. The second kappa shape index (κ2) is 8.80. The van der Waals surface area contributed by atoms with Crippen molar-refractivity contribution in [1.29, 1.82) is 0 Å². The minimum Gasteiger partial charge on any atom is -0.369 e. The lowest BCUT2D eigenvalue weighted by atomic mass is 9.96. The van der Waals surface area contributed by atoms with E-state index in [1.165, 1.54) is 0 Å². The summed E-state index contributed by atoms with van der Waals surface area (Å²) in [5, 5.41) is 2.92. The molecule has 1 saturated heterocycles. The second-order valence-corrected chi connectivity index (χ2v) is 6.72. The van der Waals surface area contributed by atoms with E-state index >= 15 is 0 Å². The van der Waals surface area contributed by atoms with Crippen LogP contribution in [-0.4, -0.2) is 35.8 Å². The van der Waals surface area contributed by atoms with Gasteiger partial charge in [-0.05, 0) is 57.0 Å². The SMILES string of the molecule is CC(N)CCC(=O)Nc1cccc(CN2CCC(C(N)=O)CC2)c1. The van der Waals surface area contributed by atoms with E-state index in [2.05, 4.69) is 16.3 Å². The molecular weight excluding hydrogens is 304 g/mol. The van der Waals surface area contributed by atoms with Gasteiger partial charge in [-0.25, -0.2) is 0 Å². The van der Waals surface area contributed by atoms with Crippen molar-refractivity contribution in [2.45, 2.75) is 45.2 Å². The van der Waals surface area contributed by atoms with Crippen LogP contribution in [0.5, 0.6) is 0 Å². The third kappa shape index (κ3) is 5.94. The number of rotatable bonds is 7. The summed E-state index contributed by atoms with van der Waals surface area (Å²) in [4.78, 5) is 25.4. The highest BCUT2D eigenvalue weighted by Crippen LogP contribution is 2.20. The van der Waals surface area contributed by atoms with E-state index in [0.717, 1.165) is 43.7 Å². The number of piperidine rings is 1. The Hall–Kier alpha value is -1.92. The summed E-state index contributed by atoms with van der Waals surface area (Å²) in [6.45, 7) is 4.46. The number of hydrogen-bond acceptors (Lipinski definition) is 4. The third-order valence-corrected chi connectivity index (χ3v) is 4.43. The maximum absolute atomic E-state index is 11.9. The van der Waals surface area contributed by atoms with Crippen LogP contribution in [0.4, 0.5) is 5.69 Å². The van der Waals surface area contributed by atoms with Crippen LogP contribution in [0.15, 0.2) is 24.3 Å². The van der Waals surface area contributed by atoms with Gasteiger partial charge in [0.15, 0.2) is 0 Å². The largest absolute Gasteiger partial charge is 0.369 e. The molecule has 1 fully saturated rings. The number of benzene rings is 1. The second-order valence-electron chi connectivity index (χ2n) is 6.72. The molecule has 5 N–H and O–H groups in total. The van der Waals surface area contributed by atoms with Gasteiger partial charge in [0, 0.05) is 30.6 Å². The van der Waals surface area contributed by atoms with Gasteiger partial charge in [0.25, 0.3) is 0 Å². The van der Waals surface area contributed by atoms with Crippen molar-refractivity contribution in [2.75, 3.05) is 18.4 Å². The molecule has 1 heterocycles. The molecule has 0 aliphatic carbocycles. The summed E-state index contributed by atoms with van der Waals surface area (Å²) < 4.78 is 0. The van der Waals surface area contributed by atoms with Gasteiger partial charge in [0.05, 0.1) is 0 Å². The fourth-order valence-electron chi connectivity index (χ4n) is 2.96. The smallest absolute Gasteiger partial charge is 0.224 e.